The molecule has 0 radical (unpaired) electrons. The maximum Gasteiger partial charge on any atom is 0.0456 e. The molecule has 0 saturated heterocycles. The highest BCUT2D eigenvalue weighted by atomic mass is 14.7. The predicted octanol–water partition coefficient (Wildman–Crippen LogP) is 3.18. The molecule has 1 unspecified atom stereocenters. The second-order valence-corrected chi connectivity index (χ2v) is 4.98. The van der Waals surface area contributed by atoms with Crippen molar-refractivity contribution in [1.29, 1.82) is 0 Å². The molecule has 2 heteroatoms. The molecule has 1 aromatic carbocycles. The van der Waals surface area contributed by atoms with Gasteiger partial charge in [0.2, 0.25) is 0 Å². The Labute approximate surface area is 96.9 Å². The number of hydrogen-bond donors (Lipinski definition) is 2. The molecule has 2 rings (SSSR count). The van der Waals surface area contributed by atoms with Gasteiger partial charge in [-0.2, -0.15) is 0 Å². The SMILES string of the molecule is CC(N)Cc1ccc2[nH]c(C(C)C)cc2c1. The zero-order valence-corrected chi connectivity index (χ0v) is 10.2. The van der Waals surface area contributed by atoms with Gasteiger partial charge >= 0.3 is 0 Å². The fourth-order valence-corrected chi connectivity index (χ4v) is 2.01. The van der Waals surface area contributed by atoms with Gasteiger partial charge in [-0.1, -0.05) is 19.9 Å². The average molecular weight is 216 g/mol. The van der Waals surface area contributed by atoms with Crippen LogP contribution in [0.15, 0.2) is 24.3 Å². The van der Waals surface area contributed by atoms with Crippen molar-refractivity contribution in [1.82, 2.24) is 4.98 Å². The van der Waals surface area contributed by atoms with E-state index in [-0.39, 0.29) is 6.04 Å². The van der Waals surface area contributed by atoms with E-state index >= 15 is 0 Å². The van der Waals surface area contributed by atoms with Crippen molar-refractivity contribution in [2.24, 2.45) is 5.73 Å². The highest BCUT2D eigenvalue weighted by Gasteiger charge is 2.05. The van der Waals surface area contributed by atoms with Crippen LogP contribution in [0.4, 0.5) is 0 Å². The Morgan fingerprint density at radius 1 is 1.19 bits per heavy atom. The molecule has 3 N–H and O–H groups in total. The minimum absolute atomic E-state index is 0.223. The standard InChI is InChI=1S/C14H20N2/c1-9(2)14-8-12-7-11(6-10(3)15)4-5-13(12)16-14/h4-5,7-10,16H,6,15H2,1-3H3. The summed E-state index contributed by atoms with van der Waals surface area (Å²) in [5, 5.41) is 1.29. The van der Waals surface area contributed by atoms with Crippen molar-refractivity contribution < 1.29 is 0 Å². The Kier molecular flexibility index (Phi) is 3.01. The molecule has 86 valence electrons. The summed E-state index contributed by atoms with van der Waals surface area (Å²) in [6.45, 7) is 6.45. The number of rotatable bonds is 3. The van der Waals surface area contributed by atoms with E-state index in [0.717, 1.165) is 6.42 Å². The fourth-order valence-electron chi connectivity index (χ4n) is 2.01. The number of nitrogens with two attached hydrogens (primary N) is 1. The first-order valence-electron chi connectivity index (χ1n) is 5.93. The number of fused-ring (bicyclic) bond motifs is 1. The van der Waals surface area contributed by atoms with Gasteiger partial charge in [-0.15, -0.1) is 0 Å². The Morgan fingerprint density at radius 2 is 1.94 bits per heavy atom. The van der Waals surface area contributed by atoms with Gasteiger partial charge in [-0.3, -0.25) is 0 Å². The van der Waals surface area contributed by atoms with Gasteiger partial charge in [-0.25, -0.2) is 0 Å². The van der Waals surface area contributed by atoms with Crippen molar-refractivity contribution in [2.75, 3.05) is 0 Å². The lowest BCUT2D eigenvalue weighted by atomic mass is 10.1. The molecule has 0 spiro atoms. The second kappa shape index (κ2) is 4.30. The van der Waals surface area contributed by atoms with Crippen LogP contribution in [0.3, 0.4) is 0 Å². The molecule has 0 aliphatic heterocycles. The van der Waals surface area contributed by atoms with E-state index in [1.807, 2.05) is 6.92 Å². The Hall–Kier alpha value is -1.28. The molecule has 2 aromatic rings. The molecule has 0 bridgehead atoms. The van der Waals surface area contributed by atoms with Gasteiger partial charge in [0.05, 0.1) is 0 Å². The number of nitrogens with one attached hydrogen (secondary N) is 1. The van der Waals surface area contributed by atoms with Gasteiger partial charge in [0.1, 0.15) is 0 Å². The Morgan fingerprint density at radius 3 is 2.56 bits per heavy atom. The maximum atomic E-state index is 5.81. The fraction of sp³-hybridized carbons (Fsp3) is 0.429. The summed E-state index contributed by atoms with van der Waals surface area (Å²) < 4.78 is 0. The summed E-state index contributed by atoms with van der Waals surface area (Å²) in [6, 6.07) is 9.01. The van der Waals surface area contributed by atoms with Crippen LogP contribution in [-0.2, 0) is 6.42 Å². The van der Waals surface area contributed by atoms with Crippen LogP contribution in [0.25, 0.3) is 10.9 Å². The second-order valence-electron chi connectivity index (χ2n) is 4.98. The van der Waals surface area contributed by atoms with Crippen molar-refractivity contribution >= 4 is 10.9 Å². The largest absolute Gasteiger partial charge is 0.358 e. The highest BCUT2D eigenvalue weighted by Crippen LogP contribution is 2.22. The zero-order chi connectivity index (χ0) is 11.7. The van der Waals surface area contributed by atoms with Crippen LogP contribution in [0, 0.1) is 0 Å². The third-order valence-electron chi connectivity index (χ3n) is 2.89. The van der Waals surface area contributed by atoms with Crippen LogP contribution in [-0.4, -0.2) is 11.0 Å². The maximum absolute atomic E-state index is 5.81. The topological polar surface area (TPSA) is 41.8 Å². The first-order chi connectivity index (χ1) is 7.56. The van der Waals surface area contributed by atoms with E-state index in [4.69, 9.17) is 5.73 Å². The number of benzene rings is 1. The van der Waals surface area contributed by atoms with Crippen LogP contribution < -0.4 is 5.73 Å². The quantitative estimate of drug-likeness (QED) is 0.813. The number of aromatic nitrogens is 1. The van der Waals surface area contributed by atoms with Gasteiger partial charge in [-0.05, 0) is 48.4 Å². The molecule has 1 heterocycles. The lowest BCUT2D eigenvalue weighted by Crippen LogP contribution is -2.17. The summed E-state index contributed by atoms with van der Waals surface area (Å²) in [7, 11) is 0. The first kappa shape index (κ1) is 11.2. The van der Waals surface area contributed by atoms with E-state index in [9.17, 15) is 0 Å². The van der Waals surface area contributed by atoms with Gasteiger partial charge in [0.25, 0.3) is 0 Å². The van der Waals surface area contributed by atoms with Crippen molar-refractivity contribution in [2.45, 2.75) is 39.2 Å². The van der Waals surface area contributed by atoms with Gasteiger partial charge in [0.15, 0.2) is 0 Å². The van der Waals surface area contributed by atoms with Gasteiger partial charge < -0.3 is 10.7 Å². The normalized spacial score (nSPS) is 13.6. The van der Waals surface area contributed by atoms with E-state index < -0.39 is 0 Å². The predicted molar refractivity (Wildman–Crippen MR) is 69.7 cm³/mol. The third kappa shape index (κ3) is 2.27. The average Bonchev–Trinajstić information content (AvgIpc) is 2.59. The van der Waals surface area contributed by atoms with E-state index in [1.54, 1.807) is 0 Å². The number of hydrogen-bond acceptors (Lipinski definition) is 1. The molecular formula is C14H20N2. The molecule has 1 aromatic heterocycles. The highest BCUT2D eigenvalue weighted by molar-refractivity contribution is 5.81. The summed E-state index contributed by atoms with van der Waals surface area (Å²) in [4.78, 5) is 3.44. The van der Waals surface area contributed by atoms with Crippen molar-refractivity contribution in [3.63, 3.8) is 0 Å². The molecule has 0 amide bonds. The third-order valence-corrected chi connectivity index (χ3v) is 2.89. The van der Waals surface area contributed by atoms with Crippen LogP contribution in [0.2, 0.25) is 0 Å². The molecule has 1 atom stereocenters. The first-order valence-corrected chi connectivity index (χ1v) is 5.93. The smallest absolute Gasteiger partial charge is 0.0456 e. The number of H-pyrrole nitrogens is 1. The lowest BCUT2D eigenvalue weighted by molar-refractivity contribution is 0.739. The molecular weight excluding hydrogens is 196 g/mol. The van der Waals surface area contributed by atoms with Crippen molar-refractivity contribution in [3.8, 4) is 0 Å². The number of aromatic amines is 1. The van der Waals surface area contributed by atoms with Crippen LogP contribution in [0.5, 0.6) is 0 Å². The zero-order valence-electron chi connectivity index (χ0n) is 10.2. The molecule has 2 nitrogen and oxygen atoms in total. The molecule has 16 heavy (non-hydrogen) atoms. The van der Waals surface area contributed by atoms with Crippen molar-refractivity contribution in [3.05, 3.63) is 35.5 Å². The minimum Gasteiger partial charge on any atom is -0.358 e. The van der Waals surface area contributed by atoms with E-state index in [1.165, 1.54) is 22.2 Å². The summed E-state index contributed by atoms with van der Waals surface area (Å²) in [6.07, 6.45) is 0.943. The monoisotopic (exact) mass is 216 g/mol. The Bertz CT molecular complexity index is 480. The molecule has 0 saturated carbocycles. The van der Waals surface area contributed by atoms with E-state index in [2.05, 4.69) is 43.1 Å². The van der Waals surface area contributed by atoms with E-state index in [0.29, 0.717) is 5.92 Å². The molecule has 0 aliphatic rings. The molecule has 0 fully saturated rings. The summed E-state index contributed by atoms with van der Waals surface area (Å²) in [5.41, 5.74) is 9.65. The van der Waals surface area contributed by atoms with Crippen LogP contribution in [0.1, 0.15) is 37.9 Å². The minimum atomic E-state index is 0.223. The lowest BCUT2D eigenvalue weighted by Gasteiger charge is -2.04. The van der Waals surface area contributed by atoms with Crippen LogP contribution >= 0.6 is 0 Å². The molecule has 0 aliphatic carbocycles. The summed E-state index contributed by atoms with van der Waals surface area (Å²) >= 11 is 0. The van der Waals surface area contributed by atoms with Gasteiger partial charge in [0, 0.05) is 17.3 Å². The summed E-state index contributed by atoms with van der Waals surface area (Å²) in [5.74, 6) is 0.546. The Balaban J connectivity index is 2.38.